The minimum atomic E-state index is -0.0969. The lowest BCUT2D eigenvalue weighted by molar-refractivity contribution is 0.0736. The smallest absolute Gasteiger partial charge is 0.256 e. The standard InChI is InChI=1S/C12H17N3OS/c1-8(2)15(7-11(13)17)12(16)10-5-4-9(3)14-6-10/h4-6,8H,7H2,1-3H3,(H2,13,17). The first-order chi connectivity index (χ1) is 7.91. The van der Waals surface area contributed by atoms with E-state index >= 15 is 0 Å². The van der Waals surface area contributed by atoms with Crippen LogP contribution in [0.5, 0.6) is 0 Å². The van der Waals surface area contributed by atoms with Gasteiger partial charge in [-0.25, -0.2) is 0 Å². The number of hydrogen-bond donors (Lipinski definition) is 1. The van der Waals surface area contributed by atoms with E-state index in [1.165, 1.54) is 0 Å². The molecule has 0 unspecified atom stereocenters. The molecule has 1 heterocycles. The normalized spacial score (nSPS) is 10.4. The molecule has 17 heavy (non-hydrogen) atoms. The molecule has 0 saturated carbocycles. The van der Waals surface area contributed by atoms with Crippen LogP contribution in [-0.2, 0) is 0 Å². The Morgan fingerprint density at radius 2 is 2.18 bits per heavy atom. The van der Waals surface area contributed by atoms with Gasteiger partial charge in [0, 0.05) is 17.9 Å². The molecule has 0 fully saturated rings. The second-order valence-corrected chi connectivity index (χ2v) is 4.71. The number of amides is 1. The van der Waals surface area contributed by atoms with Gasteiger partial charge in [-0.2, -0.15) is 0 Å². The monoisotopic (exact) mass is 251 g/mol. The fraction of sp³-hybridized carbons (Fsp3) is 0.417. The number of nitrogens with two attached hydrogens (primary N) is 1. The van der Waals surface area contributed by atoms with E-state index in [4.69, 9.17) is 18.0 Å². The predicted molar refractivity (Wildman–Crippen MR) is 71.9 cm³/mol. The van der Waals surface area contributed by atoms with Crippen molar-refractivity contribution in [1.29, 1.82) is 0 Å². The highest BCUT2D eigenvalue weighted by atomic mass is 32.1. The Hall–Kier alpha value is -1.49. The summed E-state index contributed by atoms with van der Waals surface area (Å²) in [5, 5.41) is 0. The molecule has 1 amide bonds. The summed E-state index contributed by atoms with van der Waals surface area (Å²) in [7, 11) is 0. The Labute approximate surface area is 107 Å². The summed E-state index contributed by atoms with van der Waals surface area (Å²) in [5.74, 6) is -0.0969. The molecule has 0 saturated heterocycles. The number of aryl methyl sites for hydroxylation is 1. The van der Waals surface area contributed by atoms with E-state index in [2.05, 4.69) is 4.98 Å². The number of rotatable bonds is 4. The Bertz CT molecular complexity index is 414. The zero-order valence-corrected chi connectivity index (χ0v) is 11.1. The van der Waals surface area contributed by atoms with E-state index in [1.54, 1.807) is 17.2 Å². The molecule has 0 aliphatic rings. The highest BCUT2D eigenvalue weighted by Crippen LogP contribution is 2.08. The minimum absolute atomic E-state index is 0.0466. The first-order valence-electron chi connectivity index (χ1n) is 5.43. The molecule has 2 N–H and O–H groups in total. The van der Waals surface area contributed by atoms with Crippen molar-refractivity contribution in [2.24, 2.45) is 5.73 Å². The Morgan fingerprint density at radius 1 is 1.53 bits per heavy atom. The van der Waals surface area contributed by atoms with Crippen molar-refractivity contribution < 1.29 is 4.79 Å². The van der Waals surface area contributed by atoms with Gasteiger partial charge < -0.3 is 10.6 Å². The van der Waals surface area contributed by atoms with Crippen LogP contribution in [0.15, 0.2) is 18.3 Å². The fourth-order valence-corrected chi connectivity index (χ4v) is 1.56. The van der Waals surface area contributed by atoms with Gasteiger partial charge in [-0.3, -0.25) is 9.78 Å². The van der Waals surface area contributed by atoms with Gasteiger partial charge in [0.25, 0.3) is 5.91 Å². The molecule has 0 atom stereocenters. The molecule has 4 nitrogen and oxygen atoms in total. The van der Waals surface area contributed by atoms with Gasteiger partial charge in [0.1, 0.15) is 0 Å². The van der Waals surface area contributed by atoms with Crippen molar-refractivity contribution in [1.82, 2.24) is 9.88 Å². The van der Waals surface area contributed by atoms with Crippen molar-refractivity contribution in [2.45, 2.75) is 26.8 Å². The predicted octanol–water partition coefficient (Wildman–Crippen LogP) is 1.53. The third-order valence-corrected chi connectivity index (χ3v) is 2.50. The number of aromatic nitrogens is 1. The highest BCUT2D eigenvalue weighted by molar-refractivity contribution is 7.80. The van der Waals surface area contributed by atoms with Gasteiger partial charge in [0.15, 0.2) is 0 Å². The molecule has 0 aliphatic carbocycles. The summed E-state index contributed by atoms with van der Waals surface area (Å²) >= 11 is 4.85. The number of pyridine rings is 1. The SMILES string of the molecule is Cc1ccc(C(=O)N(CC(N)=S)C(C)C)cn1. The maximum Gasteiger partial charge on any atom is 0.256 e. The molecular formula is C12H17N3OS. The van der Waals surface area contributed by atoms with Crippen LogP contribution >= 0.6 is 12.2 Å². The van der Waals surface area contributed by atoms with E-state index in [1.807, 2.05) is 26.8 Å². The first kappa shape index (κ1) is 13.6. The van der Waals surface area contributed by atoms with E-state index in [0.717, 1.165) is 5.69 Å². The average Bonchev–Trinajstić information content (AvgIpc) is 2.25. The van der Waals surface area contributed by atoms with Gasteiger partial charge in [-0.05, 0) is 32.9 Å². The molecule has 1 rings (SSSR count). The average molecular weight is 251 g/mol. The Morgan fingerprint density at radius 3 is 2.59 bits per heavy atom. The number of carbonyl (C=O) groups excluding carboxylic acids is 1. The minimum Gasteiger partial charge on any atom is -0.392 e. The lowest BCUT2D eigenvalue weighted by atomic mass is 10.2. The summed E-state index contributed by atoms with van der Waals surface area (Å²) in [6.45, 7) is 6.03. The van der Waals surface area contributed by atoms with E-state index in [9.17, 15) is 4.79 Å². The first-order valence-corrected chi connectivity index (χ1v) is 5.84. The van der Waals surface area contributed by atoms with Crippen LogP contribution in [0.25, 0.3) is 0 Å². The number of nitrogens with zero attached hydrogens (tertiary/aromatic N) is 2. The topological polar surface area (TPSA) is 59.2 Å². The molecule has 0 spiro atoms. The second-order valence-electron chi connectivity index (χ2n) is 4.18. The fourth-order valence-electron chi connectivity index (χ4n) is 1.42. The number of hydrogen-bond acceptors (Lipinski definition) is 3. The van der Waals surface area contributed by atoms with Crippen LogP contribution in [-0.4, -0.2) is 33.4 Å². The van der Waals surface area contributed by atoms with E-state index in [-0.39, 0.29) is 11.9 Å². The van der Waals surface area contributed by atoms with Crippen LogP contribution < -0.4 is 5.73 Å². The third-order valence-electron chi connectivity index (χ3n) is 2.37. The highest BCUT2D eigenvalue weighted by Gasteiger charge is 2.19. The zero-order valence-electron chi connectivity index (χ0n) is 10.3. The van der Waals surface area contributed by atoms with Crippen LogP contribution in [0, 0.1) is 6.92 Å². The summed E-state index contributed by atoms with van der Waals surface area (Å²) in [4.78, 5) is 18.3. The van der Waals surface area contributed by atoms with Crippen LogP contribution in [0.2, 0.25) is 0 Å². The van der Waals surface area contributed by atoms with Gasteiger partial charge >= 0.3 is 0 Å². The van der Waals surface area contributed by atoms with E-state index in [0.29, 0.717) is 17.1 Å². The summed E-state index contributed by atoms with van der Waals surface area (Å²) in [6, 6.07) is 3.62. The second kappa shape index (κ2) is 5.72. The van der Waals surface area contributed by atoms with Crippen LogP contribution in [0.3, 0.4) is 0 Å². The maximum atomic E-state index is 12.2. The summed E-state index contributed by atoms with van der Waals surface area (Å²) in [6.07, 6.45) is 1.58. The Balaban J connectivity index is 2.91. The van der Waals surface area contributed by atoms with Crippen molar-refractivity contribution >= 4 is 23.1 Å². The quantitative estimate of drug-likeness (QED) is 0.824. The summed E-state index contributed by atoms with van der Waals surface area (Å²) < 4.78 is 0. The van der Waals surface area contributed by atoms with Crippen molar-refractivity contribution in [2.75, 3.05) is 6.54 Å². The molecule has 92 valence electrons. The van der Waals surface area contributed by atoms with Gasteiger partial charge in [-0.15, -0.1) is 0 Å². The molecule has 5 heteroatoms. The van der Waals surface area contributed by atoms with Gasteiger partial charge in [0.2, 0.25) is 0 Å². The van der Waals surface area contributed by atoms with Crippen LogP contribution in [0.4, 0.5) is 0 Å². The summed E-state index contributed by atoms with van der Waals surface area (Å²) in [5.41, 5.74) is 6.93. The lowest BCUT2D eigenvalue weighted by Gasteiger charge is -2.26. The van der Waals surface area contributed by atoms with Crippen LogP contribution in [0.1, 0.15) is 29.9 Å². The molecule has 1 aromatic rings. The number of carbonyl (C=O) groups is 1. The van der Waals surface area contributed by atoms with Gasteiger partial charge in [-0.1, -0.05) is 12.2 Å². The maximum absolute atomic E-state index is 12.2. The van der Waals surface area contributed by atoms with Crippen molar-refractivity contribution in [3.63, 3.8) is 0 Å². The Kier molecular flexibility index (Phi) is 4.57. The molecular weight excluding hydrogens is 234 g/mol. The molecule has 0 aliphatic heterocycles. The molecule has 0 bridgehead atoms. The lowest BCUT2D eigenvalue weighted by Crippen LogP contribution is -2.42. The third kappa shape index (κ3) is 3.78. The van der Waals surface area contributed by atoms with E-state index < -0.39 is 0 Å². The number of thiocarbonyl (C=S) groups is 1. The molecule has 0 aromatic carbocycles. The zero-order chi connectivity index (χ0) is 13.0. The largest absolute Gasteiger partial charge is 0.392 e. The van der Waals surface area contributed by atoms with Gasteiger partial charge in [0.05, 0.1) is 17.1 Å². The molecule has 1 aromatic heterocycles. The van der Waals surface area contributed by atoms with Crippen molar-refractivity contribution in [3.05, 3.63) is 29.6 Å². The van der Waals surface area contributed by atoms with Crippen molar-refractivity contribution in [3.8, 4) is 0 Å². The molecule has 0 radical (unpaired) electrons.